The Morgan fingerprint density at radius 2 is 1.02 bits per heavy atom. The van der Waals surface area contributed by atoms with Crippen LogP contribution in [0, 0.1) is 10.7 Å². The first-order chi connectivity index (χ1) is 31.1. The number of nitrogens with one attached hydrogen (secondary N) is 1. The van der Waals surface area contributed by atoms with Crippen LogP contribution in [0.3, 0.4) is 0 Å². The molecule has 0 spiro atoms. The van der Waals surface area contributed by atoms with Gasteiger partial charge in [0.05, 0.1) is 18.0 Å². The van der Waals surface area contributed by atoms with Crippen molar-refractivity contribution in [2.45, 2.75) is 153 Å². The lowest BCUT2D eigenvalue weighted by Crippen LogP contribution is -2.69. The number of thiocyanates is 1. The molecule has 66 heavy (non-hydrogen) atoms. The van der Waals surface area contributed by atoms with Gasteiger partial charge in [0.2, 0.25) is 5.91 Å². The van der Waals surface area contributed by atoms with Gasteiger partial charge < -0.3 is 66.9 Å². The lowest BCUT2D eigenvalue weighted by atomic mass is 9.96. The summed E-state index contributed by atoms with van der Waals surface area (Å²) < 4.78 is 75.9. The summed E-state index contributed by atoms with van der Waals surface area (Å²) in [6.45, 7) is 11.8. The number of thioether (sulfide) groups is 2. The summed E-state index contributed by atoms with van der Waals surface area (Å²) in [5.74, 6) is -7.89. The van der Waals surface area contributed by atoms with Gasteiger partial charge in [-0.15, -0.1) is 18.3 Å². The summed E-state index contributed by atoms with van der Waals surface area (Å²) in [7, 11) is 0. The number of nitrogens with zero attached hydrogens (tertiary/aromatic N) is 1. The molecule has 1 amide bonds. The molecule has 5 unspecified atom stereocenters. The molecule has 3 saturated heterocycles. The van der Waals surface area contributed by atoms with Crippen LogP contribution in [0.5, 0.6) is 0 Å². The van der Waals surface area contributed by atoms with Crippen LogP contribution in [0.25, 0.3) is 0 Å². The van der Waals surface area contributed by atoms with Crippen molar-refractivity contribution < 1.29 is 105 Å². The first-order valence-electron chi connectivity index (χ1n) is 20.1. The minimum atomic E-state index is -1.87. The summed E-state index contributed by atoms with van der Waals surface area (Å²) in [6, 6.07) is -1.39. The van der Waals surface area contributed by atoms with E-state index >= 15 is 0 Å². The number of esters is 8. The van der Waals surface area contributed by atoms with Gasteiger partial charge in [0.15, 0.2) is 49.2 Å². The maximum atomic E-state index is 13.0. The third-order valence-corrected chi connectivity index (χ3v) is 11.3. The molecule has 368 valence electrons. The average molecular weight is 979 g/mol. The predicted octanol–water partition coefficient (Wildman–Crippen LogP) is 0.286. The molecule has 3 fully saturated rings. The van der Waals surface area contributed by atoms with E-state index in [-0.39, 0.29) is 12.4 Å². The molecule has 26 heteroatoms. The molecule has 0 radical (unpaired) electrons. The summed E-state index contributed by atoms with van der Waals surface area (Å²) in [5.41, 5.74) is -1.50. The Hall–Kier alpha value is -5.04. The van der Waals surface area contributed by atoms with E-state index in [0.29, 0.717) is 0 Å². The monoisotopic (exact) mass is 978 g/mol. The number of carbonyl (C=O) groups is 9. The molecule has 3 rings (SSSR count). The van der Waals surface area contributed by atoms with E-state index in [1.165, 1.54) is 6.08 Å². The lowest BCUT2D eigenvalue weighted by molar-refractivity contribution is -0.330. The minimum Gasteiger partial charge on any atom is -0.463 e. The third kappa shape index (κ3) is 16.7. The second kappa shape index (κ2) is 26.3. The highest BCUT2D eigenvalue weighted by Crippen LogP contribution is 2.43. The highest BCUT2D eigenvalue weighted by atomic mass is 32.2. The van der Waals surface area contributed by atoms with Gasteiger partial charge in [-0.3, -0.25) is 43.2 Å². The highest BCUT2D eigenvalue weighted by Gasteiger charge is 2.59. The maximum absolute atomic E-state index is 13.0. The summed E-state index contributed by atoms with van der Waals surface area (Å²) in [6.07, 6.45) is -17.3. The number of ether oxygens (including phenoxy) is 13. The van der Waals surface area contributed by atoms with E-state index in [0.717, 1.165) is 85.8 Å². The number of amides is 1. The second-order valence-corrected chi connectivity index (χ2v) is 16.7. The zero-order chi connectivity index (χ0) is 49.4. The van der Waals surface area contributed by atoms with Gasteiger partial charge in [-0.05, 0) is 11.8 Å². The maximum Gasteiger partial charge on any atom is 0.303 e. The van der Waals surface area contributed by atoms with Crippen molar-refractivity contribution in [1.82, 2.24) is 5.32 Å². The predicted molar refractivity (Wildman–Crippen MR) is 221 cm³/mol. The van der Waals surface area contributed by atoms with Crippen LogP contribution in [0.1, 0.15) is 62.3 Å². The molecule has 0 aromatic heterocycles. The highest BCUT2D eigenvalue weighted by molar-refractivity contribution is 8.04. The van der Waals surface area contributed by atoms with Crippen molar-refractivity contribution in [3.8, 4) is 5.40 Å². The van der Waals surface area contributed by atoms with Crippen LogP contribution in [0.2, 0.25) is 0 Å². The molecule has 0 aliphatic carbocycles. The number of carbonyl (C=O) groups excluding carboxylic acids is 9. The van der Waals surface area contributed by atoms with Gasteiger partial charge in [0.1, 0.15) is 48.4 Å². The molecule has 15 atom stereocenters. The first-order valence-corrected chi connectivity index (χ1v) is 22.1. The fourth-order valence-electron chi connectivity index (χ4n) is 7.08. The Balaban J connectivity index is 2.38. The molecule has 0 aromatic rings. The SMILES string of the molecule is C=CCO[C@H]1O[C@H](CSC#N)[C@H](SC2OC(COC(C)=O)C(OC(C)=O)C(OC(C)=O)C2OC(C)=O)[C@H](O[C@@H]2O[C@H](COC(C)=O)[C@H](OC(C)=O)[C@H](OC(C)=O)[C@H]2OC(C)=O)[C@H]1NC(C)=O. The number of rotatable bonds is 20. The second-order valence-electron chi connectivity index (χ2n) is 14.6. The van der Waals surface area contributed by atoms with Gasteiger partial charge >= 0.3 is 47.8 Å². The first kappa shape index (κ1) is 55.3. The smallest absolute Gasteiger partial charge is 0.303 e. The van der Waals surface area contributed by atoms with Gasteiger partial charge in [0.25, 0.3) is 0 Å². The van der Waals surface area contributed by atoms with Crippen molar-refractivity contribution >= 4 is 77.2 Å². The molecule has 0 saturated carbocycles. The van der Waals surface area contributed by atoms with Crippen molar-refractivity contribution in [1.29, 1.82) is 5.26 Å². The molecular formula is C40H54N2O22S2. The van der Waals surface area contributed by atoms with E-state index in [1.807, 2.05) is 5.40 Å². The van der Waals surface area contributed by atoms with E-state index < -0.39 is 157 Å². The Morgan fingerprint density at radius 3 is 1.47 bits per heavy atom. The fraction of sp³-hybridized carbons (Fsp3) is 0.700. The van der Waals surface area contributed by atoms with Gasteiger partial charge in [-0.2, -0.15) is 5.26 Å². The van der Waals surface area contributed by atoms with Gasteiger partial charge in [-0.1, -0.05) is 6.08 Å². The quantitative estimate of drug-likeness (QED) is 0.0741. The molecule has 1 N–H and O–H groups in total. The fourth-order valence-corrected chi connectivity index (χ4v) is 9.34. The third-order valence-electron chi connectivity index (χ3n) is 9.19. The zero-order valence-electron chi connectivity index (χ0n) is 37.5. The standard InChI is InChI=1S/C40H54N2O22S2/c1-11-12-52-38-29(42-17(2)43)32(64-39-35(59-24(9)50)33(57-22(7)48)30(55-20(5)46)26(61-39)13-53-18(3)44)37(28(62-38)15-65-16-41)66-40-36(60-25(10)51)34(58-23(8)49)31(56-21(6)47)27(63-40)14-54-19(4)45/h11,26-40H,1,12-15H2,2-10H3,(H,42,43)/t26-,27?,28-,29-,30+,31?,32-,33+,34?,35-,36?,37+,38+,39+,40?/m1/s1. The van der Waals surface area contributed by atoms with Gasteiger partial charge in [0, 0.05) is 68.1 Å². The van der Waals surface area contributed by atoms with Crippen molar-refractivity contribution in [3.05, 3.63) is 12.7 Å². The molecule has 3 heterocycles. The molecule has 0 bridgehead atoms. The van der Waals surface area contributed by atoms with Crippen LogP contribution in [-0.2, 0) is 105 Å². The molecule has 0 aromatic carbocycles. The number of nitriles is 1. The van der Waals surface area contributed by atoms with Gasteiger partial charge in [-0.25, -0.2) is 0 Å². The van der Waals surface area contributed by atoms with Crippen LogP contribution < -0.4 is 5.32 Å². The largest absolute Gasteiger partial charge is 0.463 e. The average Bonchev–Trinajstić information content (AvgIpc) is 3.19. The summed E-state index contributed by atoms with van der Waals surface area (Å²) in [4.78, 5) is 113. The molecule has 24 nitrogen and oxygen atoms in total. The molecular weight excluding hydrogens is 925 g/mol. The van der Waals surface area contributed by atoms with Crippen molar-refractivity contribution in [3.63, 3.8) is 0 Å². The van der Waals surface area contributed by atoms with Crippen LogP contribution in [0.4, 0.5) is 0 Å². The Morgan fingerprint density at radius 1 is 0.576 bits per heavy atom. The molecule has 3 aliphatic heterocycles. The van der Waals surface area contributed by atoms with Crippen LogP contribution >= 0.6 is 23.5 Å². The van der Waals surface area contributed by atoms with Crippen molar-refractivity contribution in [2.24, 2.45) is 0 Å². The van der Waals surface area contributed by atoms with Crippen LogP contribution in [-0.4, -0.2) is 170 Å². The summed E-state index contributed by atoms with van der Waals surface area (Å²) in [5, 5.41) is 13.2. The summed E-state index contributed by atoms with van der Waals surface area (Å²) >= 11 is 1.51. The Bertz CT molecular complexity index is 1830. The van der Waals surface area contributed by atoms with E-state index in [9.17, 15) is 48.4 Å². The lowest BCUT2D eigenvalue weighted by Gasteiger charge is -2.51. The number of hydrogen-bond acceptors (Lipinski definition) is 25. The number of hydrogen-bond donors (Lipinski definition) is 1. The minimum absolute atomic E-state index is 0.165. The van der Waals surface area contributed by atoms with E-state index in [2.05, 4.69) is 11.9 Å². The Labute approximate surface area is 387 Å². The van der Waals surface area contributed by atoms with Crippen molar-refractivity contribution in [2.75, 3.05) is 25.6 Å². The molecule has 3 aliphatic rings. The van der Waals surface area contributed by atoms with E-state index in [4.69, 9.17) is 61.6 Å². The van der Waals surface area contributed by atoms with E-state index in [1.54, 1.807) is 0 Å². The normalized spacial score (nSPS) is 31.5. The van der Waals surface area contributed by atoms with Crippen LogP contribution in [0.15, 0.2) is 12.7 Å². The Kier molecular flexibility index (Phi) is 22.1. The zero-order valence-corrected chi connectivity index (χ0v) is 39.2. The topological polar surface area (TPSA) is 309 Å².